The van der Waals surface area contributed by atoms with Crippen molar-refractivity contribution < 1.29 is 14.4 Å². The van der Waals surface area contributed by atoms with E-state index in [4.69, 9.17) is 0 Å². The van der Waals surface area contributed by atoms with Crippen LogP contribution in [-0.4, -0.2) is 41.2 Å². The van der Waals surface area contributed by atoms with Gasteiger partial charge < -0.3 is 0 Å². The second-order valence-electron chi connectivity index (χ2n) is 2.34. The molecule has 0 saturated carbocycles. The summed E-state index contributed by atoms with van der Waals surface area (Å²) in [6.45, 7) is 1.13. The Bertz CT molecular complexity index is 236. The van der Waals surface area contributed by atoms with E-state index in [1.807, 2.05) is 0 Å². The van der Waals surface area contributed by atoms with Gasteiger partial charge in [-0.25, -0.2) is 4.79 Å². The van der Waals surface area contributed by atoms with Gasteiger partial charge >= 0.3 is 6.03 Å². The summed E-state index contributed by atoms with van der Waals surface area (Å²) in [5.41, 5.74) is 0. The molecule has 0 spiro atoms. The molecule has 0 unspecified atom stereocenters. The molecule has 11 heavy (non-hydrogen) atoms. The molecular weight excluding hydrogens is 148 g/mol. The van der Waals surface area contributed by atoms with Gasteiger partial charge in [0.25, 0.3) is 5.91 Å². The van der Waals surface area contributed by atoms with Gasteiger partial charge in [0.15, 0.2) is 0 Å². The third-order valence-corrected chi connectivity index (χ3v) is 1.57. The van der Waals surface area contributed by atoms with E-state index in [0.717, 1.165) is 9.80 Å². The Kier molecular flexibility index (Phi) is 1.64. The van der Waals surface area contributed by atoms with Crippen LogP contribution in [0, 0.1) is 0 Å². The van der Waals surface area contributed by atoms with Crippen molar-refractivity contribution in [3.05, 3.63) is 0 Å². The zero-order valence-corrected chi connectivity index (χ0v) is 6.33. The highest BCUT2D eigenvalue weighted by molar-refractivity contribution is 6.09. The number of hydrogen-bond acceptors (Lipinski definition) is 3. The van der Waals surface area contributed by atoms with Crippen molar-refractivity contribution >= 4 is 17.8 Å². The number of amides is 4. The highest BCUT2D eigenvalue weighted by Crippen LogP contribution is 2.06. The van der Waals surface area contributed by atoms with Crippen molar-refractivity contribution in [3.8, 4) is 0 Å². The number of hydrogen-bond donors (Lipinski definition) is 0. The van der Waals surface area contributed by atoms with Crippen molar-refractivity contribution in [1.82, 2.24) is 9.80 Å². The summed E-state index contributed by atoms with van der Waals surface area (Å²) >= 11 is 0. The molecule has 0 aliphatic carbocycles. The summed E-state index contributed by atoms with van der Waals surface area (Å²) in [7, 11) is 1.35. The summed E-state index contributed by atoms with van der Waals surface area (Å²) in [5.74, 6) is -0.738. The Hall–Kier alpha value is -1.39. The van der Waals surface area contributed by atoms with Crippen LogP contribution in [0.5, 0.6) is 0 Å². The van der Waals surface area contributed by atoms with Gasteiger partial charge in [-0.05, 0) is 0 Å². The molecule has 1 heterocycles. The van der Waals surface area contributed by atoms with E-state index in [1.165, 1.54) is 14.0 Å². The zero-order chi connectivity index (χ0) is 8.59. The highest BCUT2D eigenvalue weighted by Gasteiger charge is 2.35. The van der Waals surface area contributed by atoms with Crippen LogP contribution in [0.1, 0.15) is 6.92 Å². The summed E-state index contributed by atoms with van der Waals surface area (Å²) in [6, 6.07) is -0.539. The molecule has 0 aromatic rings. The largest absolute Gasteiger partial charge is 0.333 e. The van der Waals surface area contributed by atoms with Crippen LogP contribution in [0.3, 0.4) is 0 Å². The lowest BCUT2D eigenvalue weighted by atomic mass is 10.5. The summed E-state index contributed by atoms with van der Waals surface area (Å²) in [4.78, 5) is 34.3. The molecule has 1 aliphatic rings. The van der Waals surface area contributed by atoms with Crippen molar-refractivity contribution in [2.75, 3.05) is 13.6 Å². The Morgan fingerprint density at radius 3 is 2.18 bits per heavy atom. The molecule has 0 radical (unpaired) electrons. The SMILES string of the molecule is CC(=O)N1CC(=O)N(C)C1=O. The molecule has 0 aromatic heterocycles. The molecule has 1 aliphatic heterocycles. The van der Waals surface area contributed by atoms with Crippen molar-refractivity contribution in [2.45, 2.75) is 6.92 Å². The third kappa shape index (κ3) is 1.09. The third-order valence-electron chi connectivity index (χ3n) is 1.57. The lowest BCUT2D eigenvalue weighted by Gasteiger charge is -2.08. The zero-order valence-electron chi connectivity index (χ0n) is 6.33. The summed E-state index contributed by atoms with van der Waals surface area (Å²) in [5, 5.41) is 0. The fourth-order valence-corrected chi connectivity index (χ4v) is 0.843. The van der Waals surface area contributed by atoms with Crippen LogP contribution in [0.25, 0.3) is 0 Å². The van der Waals surface area contributed by atoms with Crippen LogP contribution in [-0.2, 0) is 9.59 Å². The van der Waals surface area contributed by atoms with Crippen LogP contribution in [0.15, 0.2) is 0 Å². The Labute approximate surface area is 63.6 Å². The molecule has 1 fully saturated rings. The molecule has 1 saturated heterocycles. The normalized spacial score (nSPS) is 18.0. The van der Waals surface area contributed by atoms with E-state index in [9.17, 15) is 14.4 Å². The average Bonchev–Trinajstić information content (AvgIpc) is 2.17. The number of urea groups is 1. The van der Waals surface area contributed by atoms with Gasteiger partial charge in [0.2, 0.25) is 5.91 Å². The van der Waals surface area contributed by atoms with E-state index in [1.54, 1.807) is 0 Å². The predicted octanol–water partition coefficient (Wildman–Crippen LogP) is -0.573. The van der Waals surface area contributed by atoms with Crippen LogP contribution in [0.2, 0.25) is 0 Å². The molecule has 0 bridgehead atoms. The number of carbonyl (C=O) groups excluding carboxylic acids is 3. The number of carbonyl (C=O) groups is 3. The smallest absolute Gasteiger partial charge is 0.275 e. The van der Waals surface area contributed by atoms with Crippen molar-refractivity contribution in [3.63, 3.8) is 0 Å². The molecule has 0 atom stereocenters. The maximum absolute atomic E-state index is 11.0. The van der Waals surface area contributed by atoms with Gasteiger partial charge in [0.05, 0.1) is 0 Å². The van der Waals surface area contributed by atoms with Gasteiger partial charge in [0.1, 0.15) is 6.54 Å². The van der Waals surface area contributed by atoms with E-state index < -0.39 is 11.9 Å². The quantitative estimate of drug-likeness (QED) is 0.441. The fourth-order valence-electron chi connectivity index (χ4n) is 0.843. The number of imide groups is 2. The second kappa shape index (κ2) is 2.34. The molecule has 0 N–H and O–H groups in total. The first-order valence-corrected chi connectivity index (χ1v) is 3.12. The van der Waals surface area contributed by atoms with Gasteiger partial charge in [-0.2, -0.15) is 0 Å². The lowest BCUT2D eigenvalue weighted by molar-refractivity contribution is -0.129. The van der Waals surface area contributed by atoms with Gasteiger partial charge in [-0.1, -0.05) is 0 Å². The van der Waals surface area contributed by atoms with E-state index in [-0.39, 0.29) is 12.5 Å². The van der Waals surface area contributed by atoms with Crippen LogP contribution in [0.4, 0.5) is 4.79 Å². The van der Waals surface area contributed by atoms with E-state index >= 15 is 0 Å². The first kappa shape index (κ1) is 7.71. The van der Waals surface area contributed by atoms with E-state index in [2.05, 4.69) is 0 Å². The minimum atomic E-state index is -0.539. The van der Waals surface area contributed by atoms with Gasteiger partial charge in [-0.3, -0.25) is 19.4 Å². The van der Waals surface area contributed by atoms with Crippen LogP contribution < -0.4 is 0 Å². The monoisotopic (exact) mass is 156 g/mol. The molecule has 60 valence electrons. The molecule has 5 heteroatoms. The van der Waals surface area contributed by atoms with Crippen LogP contribution >= 0.6 is 0 Å². The molecule has 0 aromatic carbocycles. The Morgan fingerprint density at radius 2 is 2.00 bits per heavy atom. The van der Waals surface area contributed by atoms with E-state index in [0.29, 0.717) is 0 Å². The Morgan fingerprint density at radius 1 is 1.45 bits per heavy atom. The standard InChI is InChI=1S/C6H8N2O3/c1-4(9)8-3-5(10)7(2)6(8)11/h3H2,1-2H3. The fraction of sp³-hybridized carbons (Fsp3) is 0.500. The number of nitrogens with zero attached hydrogens (tertiary/aromatic N) is 2. The first-order valence-electron chi connectivity index (χ1n) is 3.12. The number of likely N-dealkylation sites (N-methyl/N-ethyl adjacent to an activating group) is 1. The lowest BCUT2D eigenvalue weighted by Crippen LogP contribution is -2.33. The molecule has 4 amide bonds. The molecule has 1 rings (SSSR count). The van der Waals surface area contributed by atoms with Gasteiger partial charge in [-0.15, -0.1) is 0 Å². The van der Waals surface area contributed by atoms with Crippen molar-refractivity contribution in [1.29, 1.82) is 0 Å². The minimum Gasteiger partial charge on any atom is -0.275 e. The van der Waals surface area contributed by atoms with Crippen molar-refractivity contribution in [2.24, 2.45) is 0 Å². The highest BCUT2D eigenvalue weighted by atomic mass is 16.2. The Balaban J connectivity index is 2.83. The topological polar surface area (TPSA) is 57.7 Å². The summed E-state index contributed by atoms with van der Waals surface area (Å²) in [6.07, 6.45) is 0. The van der Waals surface area contributed by atoms with Gasteiger partial charge in [0, 0.05) is 14.0 Å². The second-order valence-corrected chi connectivity index (χ2v) is 2.34. The molecule has 5 nitrogen and oxygen atoms in total. The average molecular weight is 156 g/mol. The number of rotatable bonds is 0. The first-order chi connectivity index (χ1) is 5.04. The minimum absolute atomic E-state index is 0.120. The summed E-state index contributed by atoms with van der Waals surface area (Å²) < 4.78 is 0. The maximum Gasteiger partial charge on any atom is 0.333 e. The maximum atomic E-state index is 11.0. The molecular formula is C6H8N2O3. The predicted molar refractivity (Wildman–Crippen MR) is 35.6 cm³/mol.